The Morgan fingerprint density at radius 3 is 1.43 bits per heavy atom. The molecular formula is C32H21ClNO2P. The maximum atomic E-state index is 13.9. The molecule has 0 aliphatic heterocycles. The van der Waals surface area contributed by atoms with Crippen molar-refractivity contribution < 1.29 is 9.59 Å². The van der Waals surface area contributed by atoms with Gasteiger partial charge in [0.15, 0.2) is 11.6 Å². The molecular weight excluding hydrogens is 497 g/mol. The summed E-state index contributed by atoms with van der Waals surface area (Å²) in [6, 6.07) is 40.9. The molecule has 1 aliphatic carbocycles. The van der Waals surface area contributed by atoms with Crippen molar-refractivity contribution in [2.24, 2.45) is 4.74 Å². The van der Waals surface area contributed by atoms with Crippen molar-refractivity contribution in [3.63, 3.8) is 0 Å². The van der Waals surface area contributed by atoms with E-state index < -0.39 is 7.05 Å². The van der Waals surface area contributed by atoms with Crippen LogP contribution in [0.3, 0.4) is 0 Å². The fraction of sp³-hybridized carbons (Fsp3) is 0. The van der Waals surface area contributed by atoms with E-state index in [1.54, 1.807) is 30.3 Å². The molecule has 0 amide bonds. The average Bonchev–Trinajstić information content (AvgIpc) is 2.96. The molecule has 0 fully saturated rings. The first-order valence-corrected chi connectivity index (χ1v) is 14.0. The molecule has 6 rings (SSSR count). The number of fused-ring (bicyclic) bond motifs is 2. The predicted octanol–water partition coefficient (Wildman–Crippen LogP) is 6.92. The molecule has 0 aromatic heterocycles. The van der Waals surface area contributed by atoms with Crippen molar-refractivity contribution in [3.05, 3.63) is 155 Å². The van der Waals surface area contributed by atoms with Crippen LogP contribution in [-0.2, 0) is 0 Å². The highest BCUT2D eigenvalue weighted by Gasteiger charge is 2.35. The summed E-state index contributed by atoms with van der Waals surface area (Å²) in [4.78, 5) is 27.4. The summed E-state index contributed by atoms with van der Waals surface area (Å²) < 4.78 is 5.50. The lowest BCUT2D eigenvalue weighted by atomic mass is 9.83. The molecule has 0 bridgehead atoms. The number of hydrogen-bond donors (Lipinski definition) is 0. The van der Waals surface area contributed by atoms with Crippen LogP contribution in [0.15, 0.2) is 132 Å². The number of rotatable bonds is 4. The summed E-state index contributed by atoms with van der Waals surface area (Å²) >= 11 is 6.36. The number of ketones is 2. The van der Waals surface area contributed by atoms with Gasteiger partial charge in [-0.2, -0.15) is 0 Å². The topological polar surface area (TPSA) is 46.5 Å². The monoisotopic (exact) mass is 517 g/mol. The third-order valence-corrected chi connectivity index (χ3v) is 10.6. The summed E-state index contributed by atoms with van der Waals surface area (Å²) in [6.07, 6.45) is 0. The van der Waals surface area contributed by atoms with Gasteiger partial charge in [0.05, 0.1) is 28.9 Å². The van der Waals surface area contributed by atoms with Crippen molar-refractivity contribution in [2.75, 3.05) is 0 Å². The van der Waals surface area contributed by atoms with Gasteiger partial charge in [-0.25, -0.2) is 0 Å². The highest BCUT2D eigenvalue weighted by molar-refractivity contribution is 7.87. The first-order valence-electron chi connectivity index (χ1n) is 11.9. The number of halogens is 1. The van der Waals surface area contributed by atoms with Gasteiger partial charge in [0.2, 0.25) is 0 Å². The molecule has 0 radical (unpaired) electrons. The molecule has 3 nitrogen and oxygen atoms in total. The summed E-state index contributed by atoms with van der Waals surface area (Å²) in [5.74, 6) is -0.492. The van der Waals surface area contributed by atoms with E-state index in [0.717, 1.165) is 15.9 Å². The molecule has 0 spiro atoms. The smallest absolute Gasteiger partial charge is 0.196 e. The van der Waals surface area contributed by atoms with Gasteiger partial charge in [-0.05, 0) is 12.1 Å². The molecule has 37 heavy (non-hydrogen) atoms. The minimum absolute atomic E-state index is 0.237. The van der Waals surface area contributed by atoms with E-state index in [0.29, 0.717) is 22.4 Å². The zero-order chi connectivity index (χ0) is 25.4. The maximum absolute atomic E-state index is 13.9. The van der Waals surface area contributed by atoms with Crippen molar-refractivity contribution >= 4 is 51.8 Å². The van der Waals surface area contributed by atoms with Crippen molar-refractivity contribution in [3.8, 4) is 0 Å². The molecule has 5 aromatic rings. The Bertz CT molecular complexity index is 1610. The Morgan fingerprint density at radius 2 is 0.919 bits per heavy atom. The number of carbonyl (C=O) groups excluding carboxylic acids is 2. The molecule has 0 saturated carbocycles. The zero-order valence-corrected chi connectivity index (χ0v) is 21.4. The number of benzene rings is 5. The van der Waals surface area contributed by atoms with Gasteiger partial charge in [0.1, 0.15) is 0 Å². The SMILES string of the molecule is O=C1c2cccc(N=P(c3ccccc3)(c3ccccc3)c3ccccc3)c2C(=O)c2cccc(Cl)c21. The minimum atomic E-state index is -2.63. The first kappa shape index (κ1) is 23.4. The lowest BCUT2D eigenvalue weighted by Gasteiger charge is -2.28. The quantitative estimate of drug-likeness (QED) is 0.238. The van der Waals surface area contributed by atoms with Crippen molar-refractivity contribution in [1.29, 1.82) is 0 Å². The summed E-state index contributed by atoms with van der Waals surface area (Å²) in [5, 5.41) is 3.46. The highest BCUT2D eigenvalue weighted by Crippen LogP contribution is 2.50. The fourth-order valence-corrected chi connectivity index (χ4v) is 8.78. The van der Waals surface area contributed by atoms with Crippen LogP contribution in [0, 0.1) is 0 Å². The van der Waals surface area contributed by atoms with Crippen LogP contribution in [0.5, 0.6) is 0 Å². The number of nitrogens with zero attached hydrogens (tertiary/aromatic N) is 1. The van der Waals surface area contributed by atoms with Gasteiger partial charge in [-0.3, -0.25) is 14.3 Å². The molecule has 5 heteroatoms. The Kier molecular flexibility index (Phi) is 5.96. The first-order chi connectivity index (χ1) is 18.1. The van der Waals surface area contributed by atoms with E-state index in [9.17, 15) is 9.59 Å². The highest BCUT2D eigenvalue weighted by atomic mass is 35.5. The molecule has 178 valence electrons. The second-order valence-corrected chi connectivity index (χ2v) is 12.2. The molecule has 0 unspecified atom stereocenters. The lowest BCUT2D eigenvalue weighted by molar-refractivity contribution is 0.0979. The van der Waals surface area contributed by atoms with Crippen molar-refractivity contribution in [2.45, 2.75) is 0 Å². The standard InChI is InChI=1S/C32H21ClNO2P/c33-27-20-10-18-25-29(27)31(35)26-19-11-21-28(30(26)32(25)36)34-37(22-12-4-1-5-13-22,23-14-6-2-7-15-23)24-16-8-3-9-17-24/h1-21H. The zero-order valence-electron chi connectivity index (χ0n) is 19.7. The summed E-state index contributed by atoms with van der Waals surface area (Å²) in [7, 11) is -2.63. The molecule has 0 saturated heterocycles. The van der Waals surface area contributed by atoms with Gasteiger partial charge in [-0.1, -0.05) is 127 Å². The molecule has 1 aliphatic rings. The van der Waals surface area contributed by atoms with E-state index in [1.807, 2.05) is 60.7 Å². The number of hydrogen-bond acceptors (Lipinski definition) is 3. The van der Waals surface area contributed by atoms with Crippen LogP contribution in [-0.4, -0.2) is 11.6 Å². The van der Waals surface area contributed by atoms with Crippen LogP contribution >= 0.6 is 18.7 Å². The third-order valence-electron chi connectivity index (χ3n) is 6.65. The van der Waals surface area contributed by atoms with Gasteiger partial charge < -0.3 is 0 Å². The van der Waals surface area contributed by atoms with Crippen LogP contribution in [0.2, 0.25) is 5.02 Å². The second-order valence-electron chi connectivity index (χ2n) is 8.76. The van der Waals surface area contributed by atoms with Gasteiger partial charge in [-0.15, -0.1) is 0 Å². The predicted molar refractivity (Wildman–Crippen MR) is 152 cm³/mol. The summed E-state index contributed by atoms with van der Waals surface area (Å²) in [6.45, 7) is 0. The van der Waals surface area contributed by atoms with Crippen LogP contribution < -0.4 is 15.9 Å². The lowest BCUT2D eigenvalue weighted by Crippen LogP contribution is -2.25. The second kappa shape index (κ2) is 9.44. The average molecular weight is 518 g/mol. The molecule has 0 atom stereocenters. The van der Waals surface area contributed by atoms with E-state index in [4.69, 9.17) is 16.3 Å². The Labute approximate surface area is 220 Å². The Hall–Kier alpha value is -4.04. The summed E-state index contributed by atoms with van der Waals surface area (Å²) in [5.41, 5.74) is 1.74. The minimum Gasteiger partial charge on any atom is -0.289 e. The van der Waals surface area contributed by atoms with E-state index in [-0.39, 0.29) is 22.2 Å². The molecule has 0 N–H and O–H groups in total. The molecule has 5 aromatic carbocycles. The molecule has 0 heterocycles. The maximum Gasteiger partial charge on any atom is 0.196 e. The Balaban J connectivity index is 1.73. The van der Waals surface area contributed by atoms with Gasteiger partial charge in [0.25, 0.3) is 0 Å². The van der Waals surface area contributed by atoms with Crippen molar-refractivity contribution in [1.82, 2.24) is 0 Å². The van der Waals surface area contributed by atoms with E-state index in [1.165, 1.54) is 0 Å². The van der Waals surface area contributed by atoms with Crippen LogP contribution in [0.1, 0.15) is 31.8 Å². The van der Waals surface area contributed by atoms with E-state index in [2.05, 4.69) is 36.4 Å². The Morgan fingerprint density at radius 1 is 0.486 bits per heavy atom. The van der Waals surface area contributed by atoms with Crippen LogP contribution in [0.25, 0.3) is 0 Å². The normalized spacial score (nSPS) is 12.6. The largest absolute Gasteiger partial charge is 0.289 e. The van der Waals surface area contributed by atoms with E-state index >= 15 is 0 Å². The van der Waals surface area contributed by atoms with Gasteiger partial charge in [0, 0.05) is 27.0 Å². The van der Waals surface area contributed by atoms with Gasteiger partial charge >= 0.3 is 0 Å². The number of carbonyl (C=O) groups is 2. The third kappa shape index (κ3) is 3.79. The van der Waals surface area contributed by atoms with Crippen LogP contribution in [0.4, 0.5) is 5.69 Å². The fourth-order valence-electron chi connectivity index (χ4n) is 4.98.